The van der Waals surface area contributed by atoms with Crippen LogP contribution in [0.1, 0.15) is 39.1 Å². The predicted octanol–water partition coefficient (Wildman–Crippen LogP) is 5.19. The molecule has 1 unspecified atom stereocenters. The summed E-state index contributed by atoms with van der Waals surface area (Å²) in [5, 5.41) is 0. The van der Waals surface area contributed by atoms with Crippen molar-refractivity contribution in [2.45, 2.75) is 17.6 Å². The minimum absolute atomic E-state index is 0.0375. The Kier molecular flexibility index (Phi) is 3.41. The summed E-state index contributed by atoms with van der Waals surface area (Å²) in [5.41, 5.74) is 3.50. The van der Waals surface area contributed by atoms with Gasteiger partial charge in [0.05, 0.1) is 12.0 Å². The van der Waals surface area contributed by atoms with Crippen molar-refractivity contribution in [3.63, 3.8) is 0 Å². The minimum atomic E-state index is -0.591. The number of ketones is 1. The molecule has 1 aliphatic carbocycles. The van der Waals surface area contributed by atoms with Gasteiger partial charge in [0.25, 0.3) is 0 Å². The number of hydrogen-bond donors (Lipinski definition) is 0. The monoisotopic (exact) mass is 338 g/mol. The molecule has 0 aromatic heterocycles. The molecule has 3 atom stereocenters. The van der Waals surface area contributed by atoms with E-state index < -0.39 is 5.60 Å². The van der Waals surface area contributed by atoms with Gasteiger partial charge in [0.15, 0.2) is 5.78 Å². The van der Waals surface area contributed by atoms with Crippen LogP contribution in [0.2, 0.25) is 0 Å². The zero-order valence-corrected chi connectivity index (χ0v) is 14.2. The highest BCUT2D eigenvalue weighted by Gasteiger charge is 2.58. The Morgan fingerprint density at radius 1 is 0.731 bits per heavy atom. The van der Waals surface area contributed by atoms with Gasteiger partial charge >= 0.3 is 0 Å². The van der Waals surface area contributed by atoms with Crippen LogP contribution in [-0.2, 0) is 10.3 Å². The molecule has 2 heteroatoms. The second kappa shape index (κ2) is 5.79. The van der Waals surface area contributed by atoms with E-state index in [1.54, 1.807) is 6.08 Å². The lowest BCUT2D eigenvalue weighted by molar-refractivity contribution is -0.212. The summed E-state index contributed by atoms with van der Waals surface area (Å²) in [6, 6.07) is 28.6. The maximum atomic E-state index is 12.4. The van der Waals surface area contributed by atoms with Crippen LogP contribution in [-0.4, -0.2) is 5.78 Å². The van der Waals surface area contributed by atoms with Crippen LogP contribution in [0.3, 0.4) is 0 Å². The molecule has 0 saturated carbocycles. The minimum Gasteiger partial charge on any atom is -0.357 e. The van der Waals surface area contributed by atoms with Crippen LogP contribution >= 0.6 is 0 Å². The van der Waals surface area contributed by atoms with Gasteiger partial charge in [-0.2, -0.15) is 0 Å². The van der Waals surface area contributed by atoms with Crippen molar-refractivity contribution in [2.75, 3.05) is 0 Å². The lowest BCUT2D eigenvalue weighted by Gasteiger charge is -2.55. The van der Waals surface area contributed by atoms with Crippen molar-refractivity contribution in [1.29, 1.82) is 0 Å². The molecule has 5 rings (SSSR count). The van der Waals surface area contributed by atoms with Crippen LogP contribution in [0.5, 0.6) is 0 Å². The van der Waals surface area contributed by atoms with Gasteiger partial charge in [-0.15, -0.1) is 0 Å². The van der Waals surface area contributed by atoms with Crippen molar-refractivity contribution in [3.8, 4) is 0 Å². The number of fused-ring (bicyclic) bond motifs is 2. The Labute approximate surface area is 152 Å². The van der Waals surface area contributed by atoms with Crippen LogP contribution in [0, 0.1) is 0 Å². The molecule has 2 aliphatic rings. The number of rotatable bonds is 2. The predicted molar refractivity (Wildman–Crippen MR) is 101 cm³/mol. The van der Waals surface area contributed by atoms with Gasteiger partial charge < -0.3 is 4.74 Å². The van der Waals surface area contributed by atoms with E-state index in [-0.39, 0.29) is 17.8 Å². The van der Waals surface area contributed by atoms with Crippen molar-refractivity contribution >= 4 is 5.78 Å². The Hall–Kier alpha value is -2.97. The topological polar surface area (TPSA) is 26.3 Å². The maximum absolute atomic E-state index is 12.4. The fraction of sp³-hybridized carbons (Fsp3) is 0.125. The highest BCUT2D eigenvalue weighted by molar-refractivity contribution is 6.07. The lowest BCUT2D eigenvalue weighted by atomic mass is 9.64. The second-order valence-corrected chi connectivity index (χ2v) is 6.87. The first-order valence-electron chi connectivity index (χ1n) is 8.90. The van der Waals surface area contributed by atoms with E-state index in [0.29, 0.717) is 0 Å². The van der Waals surface area contributed by atoms with Gasteiger partial charge in [-0.25, -0.2) is 0 Å². The molecule has 0 bridgehead atoms. The smallest absolute Gasteiger partial charge is 0.186 e. The molecule has 0 amide bonds. The third-order valence-corrected chi connectivity index (χ3v) is 5.47. The Bertz CT molecular complexity index is 991. The van der Waals surface area contributed by atoms with Crippen molar-refractivity contribution in [1.82, 2.24) is 0 Å². The quantitative estimate of drug-likeness (QED) is 0.643. The number of carbonyl (C=O) groups excluding carboxylic acids is 1. The molecule has 0 radical (unpaired) electrons. The molecular formula is C24H18O2. The molecule has 3 aromatic rings. The highest BCUT2D eigenvalue weighted by atomic mass is 16.5. The van der Waals surface area contributed by atoms with Gasteiger partial charge in [0, 0.05) is 5.56 Å². The molecule has 1 heterocycles. The third-order valence-electron chi connectivity index (χ3n) is 5.47. The number of benzene rings is 3. The highest BCUT2D eigenvalue weighted by Crippen LogP contribution is 2.62. The average molecular weight is 338 g/mol. The molecule has 26 heavy (non-hydrogen) atoms. The second-order valence-electron chi connectivity index (χ2n) is 6.87. The van der Waals surface area contributed by atoms with Crippen LogP contribution in [0.25, 0.3) is 0 Å². The van der Waals surface area contributed by atoms with Crippen molar-refractivity contribution < 1.29 is 9.53 Å². The van der Waals surface area contributed by atoms with E-state index in [1.807, 2.05) is 54.6 Å². The zero-order chi connectivity index (χ0) is 17.6. The zero-order valence-electron chi connectivity index (χ0n) is 14.2. The normalized spacial score (nSPS) is 26.4. The average Bonchev–Trinajstić information content (AvgIpc) is 2.69. The fourth-order valence-corrected chi connectivity index (χ4v) is 4.28. The maximum Gasteiger partial charge on any atom is 0.186 e. The van der Waals surface area contributed by atoms with Crippen LogP contribution in [0.4, 0.5) is 0 Å². The van der Waals surface area contributed by atoms with Gasteiger partial charge in [-0.1, -0.05) is 84.9 Å². The van der Waals surface area contributed by atoms with E-state index in [4.69, 9.17) is 4.74 Å². The van der Waals surface area contributed by atoms with E-state index in [2.05, 4.69) is 36.4 Å². The molecule has 1 saturated heterocycles. The molecule has 0 N–H and O–H groups in total. The summed E-state index contributed by atoms with van der Waals surface area (Å²) >= 11 is 0. The lowest BCUT2D eigenvalue weighted by Crippen LogP contribution is -2.51. The largest absolute Gasteiger partial charge is 0.357 e. The summed E-state index contributed by atoms with van der Waals surface area (Å²) in [6.45, 7) is 0. The number of allylic oxidation sites excluding steroid dienone is 1. The first-order chi connectivity index (χ1) is 12.8. The Morgan fingerprint density at radius 3 is 2.08 bits per heavy atom. The standard InChI is InChI=1S/C24H18O2/c25-21-15-16-24(20-14-8-7-13-19(20)21)22(17-9-3-1-4-10-17)23(26-24)18-11-5-2-6-12-18/h1-16,22-23H/t22-,23+,24?/m0/s1. The molecule has 126 valence electrons. The van der Waals surface area contributed by atoms with Gasteiger partial charge in [0.2, 0.25) is 0 Å². The summed E-state index contributed by atoms with van der Waals surface area (Å²) in [7, 11) is 0. The Balaban J connectivity index is 1.68. The molecular weight excluding hydrogens is 320 g/mol. The summed E-state index contributed by atoms with van der Waals surface area (Å²) in [5.74, 6) is 0.168. The summed E-state index contributed by atoms with van der Waals surface area (Å²) < 4.78 is 6.56. The summed E-state index contributed by atoms with van der Waals surface area (Å²) in [4.78, 5) is 12.4. The molecule has 1 fully saturated rings. The first-order valence-corrected chi connectivity index (χ1v) is 8.90. The molecule has 1 aliphatic heterocycles. The molecule has 1 spiro atoms. The summed E-state index contributed by atoms with van der Waals surface area (Å²) in [6.07, 6.45) is 3.58. The SMILES string of the molecule is O=C1C=CC2(O[C@H](c3ccccc3)[C@@H]2c2ccccc2)c2ccccc21. The van der Waals surface area contributed by atoms with Crippen LogP contribution < -0.4 is 0 Å². The van der Waals surface area contributed by atoms with E-state index in [9.17, 15) is 4.79 Å². The van der Waals surface area contributed by atoms with E-state index in [1.165, 1.54) is 5.56 Å². The van der Waals surface area contributed by atoms with Gasteiger partial charge in [-0.05, 0) is 28.8 Å². The van der Waals surface area contributed by atoms with Crippen molar-refractivity contribution in [3.05, 3.63) is 119 Å². The fourth-order valence-electron chi connectivity index (χ4n) is 4.28. The van der Waals surface area contributed by atoms with E-state index in [0.717, 1.165) is 16.7 Å². The van der Waals surface area contributed by atoms with Gasteiger partial charge in [0.1, 0.15) is 5.60 Å². The number of carbonyl (C=O) groups is 1. The molecule has 3 aromatic carbocycles. The van der Waals surface area contributed by atoms with E-state index >= 15 is 0 Å². The molecule has 2 nitrogen and oxygen atoms in total. The van der Waals surface area contributed by atoms with Crippen LogP contribution in [0.15, 0.2) is 97.1 Å². The first kappa shape index (κ1) is 15.3. The Morgan fingerprint density at radius 2 is 1.35 bits per heavy atom. The number of ether oxygens (including phenoxy) is 1. The number of hydrogen-bond acceptors (Lipinski definition) is 2. The third kappa shape index (κ3) is 2.12. The van der Waals surface area contributed by atoms with Crippen molar-refractivity contribution in [2.24, 2.45) is 0 Å². The van der Waals surface area contributed by atoms with Gasteiger partial charge in [-0.3, -0.25) is 4.79 Å².